The first-order chi connectivity index (χ1) is 7.49. The third kappa shape index (κ3) is 2.21. The molecule has 1 rings (SSSR count). The van der Waals surface area contributed by atoms with E-state index in [4.69, 9.17) is 5.11 Å². The van der Waals surface area contributed by atoms with Crippen molar-refractivity contribution < 1.29 is 27.9 Å². The number of carboxylic acids is 1. The van der Waals surface area contributed by atoms with Crippen LogP contribution in [0, 0.1) is 17.5 Å². The van der Waals surface area contributed by atoms with Crippen LogP contribution in [0.25, 0.3) is 0 Å². The number of carbonyl (C=O) groups is 2. The highest BCUT2D eigenvalue weighted by Gasteiger charge is 2.23. The number of benzene rings is 1. The zero-order valence-corrected chi connectivity index (χ0v) is 7.97. The summed E-state index contributed by atoms with van der Waals surface area (Å²) in [5.41, 5.74) is -1.68. The summed E-state index contributed by atoms with van der Waals surface area (Å²) in [7, 11) is 0. The monoisotopic (exact) mass is 232 g/mol. The van der Waals surface area contributed by atoms with Crippen molar-refractivity contribution in [2.45, 2.75) is 12.8 Å². The molecule has 0 aliphatic carbocycles. The lowest BCUT2D eigenvalue weighted by atomic mass is 10.1. The molecule has 1 aromatic carbocycles. The van der Waals surface area contributed by atoms with Gasteiger partial charge in [-0.25, -0.2) is 18.0 Å². The van der Waals surface area contributed by atoms with E-state index < -0.39 is 29.0 Å². The molecule has 0 saturated carbocycles. The van der Waals surface area contributed by atoms with Gasteiger partial charge in [0.1, 0.15) is 17.7 Å². The molecule has 0 amide bonds. The van der Waals surface area contributed by atoms with Crippen molar-refractivity contribution in [3.05, 3.63) is 34.6 Å². The van der Waals surface area contributed by atoms with E-state index >= 15 is 0 Å². The van der Waals surface area contributed by atoms with Crippen LogP contribution in [-0.4, -0.2) is 17.4 Å². The Labute approximate surface area is 88.5 Å². The van der Waals surface area contributed by atoms with E-state index in [1.165, 1.54) is 0 Å². The van der Waals surface area contributed by atoms with E-state index in [2.05, 4.69) is 0 Å². The summed E-state index contributed by atoms with van der Waals surface area (Å²) in [6.07, 6.45) is 0.200. The van der Waals surface area contributed by atoms with Gasteiger partial charge in [0.2, 0.25) is 0 Å². The van der Waals surface area contributed by atoms with Crippen LogP contribution in [0.3, 0.4) is 0 Å². The Kier molecular flexibility index (Phi) is 3.65. The Morgan fingerprint density at radius 2 is 1.94 bits per heavy atom. The fourth-order valence-corrected chi connectivity index (χ4v) is 1.24. The minimum atomic E-state index is -1.88. The van der Waals surface area contributed by atoms with E-state index in [1.807, 2.05) is 0 Å². The number of carbonyl (C=O) groups excluding carboxylic acids is 1. The van der Waals surface area contributed by atoms with Crippen LogP contribution in [0.2, 0.25) is 0 Å². The number of aryl methyl sites for hydroxylation is 1. The van der Waals surface area contributed by atoms with Crippen LogP contribution >= 0.6 is 0 Å². The van der Waals surface area contributed by atoms with Crippen LogP contribution in [-0.2, 0) is 11.2 Å². The largest absolute Gasteiger partial charge is 0.477 e. The van der Waals surface area contributed by atoms with Crippen molar-refractivity contribution in [1.82, 2.24) is 0 Å². The minimum absolute atomic E-state index is 0.0950. The first-order valence-electron chi connectivity index (χ1n) is 4.32. The van der Waals surface area contributed by atoms with Crippen molar-refractivity contribution in [2.24, 2.45) is 0 Å². The second-order valence-corrected chi connectivity index (χ2v) is 3.03. The average molecular weight is 232 g/mol. The molecule has 0 bridgehead atoms. The maximum Gasteiger partial charge on any atom is 0.341 e. The maximum absolute atomic E-state index is 13.2. The van der Waals surface area contributed by atoms with Gasteiger partial charge in [-0.3, -0.25) is 0 Å². The van der Waals surface area contributed by atoms with E-state index in [1.54, 1.807) is 0 Å². The standard InChI is InChI=1S/C10H7F3O3/c11-6-4-5(2-1-3-14)8(12)9(13)7(6)10(15)16/h3-4H,1-2H2,(H,15,16). The molecule has 6 heteroatoms. The molecule has 3 nitrogen and oxygen atoms in total. The SMILES string of the molecule is O=CCCc1cc(F)c(C(=O)O)c(F)c1F. The molecule has 0 saturated heterocycles. The summed E-state index contributed by atoms with van der Waals surface area (Å²) in [4.78, 5) is 20.4. The third-order valence-corrected chi connectivity index (χ3v) is 1.98. The predicted molar refractivity (Wildman–Crippen MR) is 47.7 cm³/mol. The zero-order chi connectivity index (χ0) is 12.3. The van der Waals surface area contributed by atoms with Crippen molar-refractivity contribution in [3.63, 3.8) is 0 Å². The van der Waals surface area contributed by atoms with E-state index in [9.17, 15) is 22.8 Å². The van der Waals surface area contributed by atoms with E-state index in [-0.39, 0.29) is 18.4 Å². The molecule has 16 heavy (non-hydrogen) atoms. The summed E-state index contributed by atoms with van der Waals surface area (Å²) >= 11 is 0. The average Bonchev–Trinajstić information content (AvgIpc) is 2.21. The van der Waals surface area contributed by atoms with E-state index in [0.29, 0.717) is 12.4 Å². The highest BCUT2D eigenvalue weighted by atomic mass is 19.2. The van der Waals surface area contributed by atoms with Crippen LogP contribution in [0.15, 0.2) is 6.07 Å². The molecule has 0 aliphatic heterocycles. The predicted octanol–water partition coefficient (Wildman–Crippen LogP) is 1.93. The highest BCUT2D eigenvalue weighted by Crippen LogP contribution is 2.21. The lowest BCUT2D eigenvalue weighted by Gasteiger charge is -2.06. The Hall–Kier alpha value is -1.85. The minimum Gasteiger partial charge on any atom is -0.477 e. The normalized spacial score (nSPS) is 10.2. The fraction of sp³-hybridized carbons (Fsp3) is 0.200. The summed E-state index contributed by atoms with van der Waals surface area (Å²) in [6, 6.07) is 0.589. The van der Waals surface area contributed by atoms with Gasteiger partial charge in [-0.05, 0) is 18.1 Å². The van der Waals surface area contributed by atoms with Gasteiger partial charge in [0.05, 0.1) is 0 Å². The van der Waals surface area contributed by atoms with Gasteiger partial charge >= 0.3 is 5.97 Å². The fourth-order valence-electron chi connectivity index (χ4n) is 1.24. The number of aromatic carboxylic acids is 1. The van der Waals surface area contributed by atoms with Crippen molar-refractivity contribution in [2.75, 3.05) is 0 Å². The third-order valence-electron chi connectivity index (χ3n) is 1.98. The molecule has 1 N–H and O–H groups in total. The van der Waals surface area contributed by atoms with Gasteiger partial charge < -0.3 is 9.90 Å². The Bertz CT molecular complexity index is 443. The topological polar surface area (TPSA) is 54.4 Å². The molecular weight excluding hydrogens is 225 g/mol. The molecule has 0 radical (unpaired) electrons. The van der Waals surface area contributed by atoms with Gasteiger partial charge in [-0.1, -0.05) is 0 Å². The molecule has 0 aromatic heterocycles. The molecule has 0 atom stereocenters. The molecular formula is C10H7F3O3. The number of hydrogen-bond donors (Lipinski definition) is 1. The Morgan fingerprint density at radius 3 is 2.44 bits per heavy atom. The van der Waals surface area contributed by atoms with E-state index in [0.717, 1.165) is 0 Å². The molecule has 0 aliphatic rings. The van der Waals surface area contributed by atoms with Gasteiger partial charge in [-0.15, -0.1) is 0 Å². The maximum atomic E-state index is 13.2. The first-order valence-corrected chi connectivity index (χ1v) is 4.32. The Morgan fingerprint density at radius 1 is 1.31 bits per heavy atom. The van der Waals surface area contributed by atoms with Crippen molar-refractivity contribution >= 4 is 12.3 Å². The van der Waals surface area contributed by atoms with Crippen LogP contribution in [0.4, 0.5) is 13.2 Å². The van der Waals surface area contributed by atoms with Crippen molar-refractivity contribution in [3.8, 4) is 0 Å². The highest BCUT2D eigenvalue weighted by molar-refractivity contribution is 5.88. The molecule has 0 spiro atoms. The van der Waals surface area contributed by atoms with Crippen LogP contribution < -0.4 is 0 Å². The molecule has 0 unspecified atom stereocenters. The quantitative estimate of drug-likeness (QED) is 0.637. The second-order valence-electron chi connectivity index (χ2n) is 3.03. The van der Waals surface area contributed by atoms with Gasteiger partial charge in [0.25, 0.3) is 0 Å². The van der Waals surface area contributed by atoms with Gasteiger partial charge in [-0.2, -0.15) is 0 Å². The summed E-state index contributed by atoms with van der Waals surface area (Å²) in [6.45, 7) is 0. The number of carboxylic acid groups (broad SMARTS) is 1. The van der Waals surface area contributed by atoms with Gasteiger partial charge in [0, 0.05) is 6.42 Å². The molecule has 0 fully saturated rings. The smallest absolute Gasteiger partial charge is 0.341 e. The number of halogens is 3. The van der Waals surface area contributed by atoms with Crippen LogP contribution in [0.1, 0.15) is 22.3 Å². The summed E-state index contributed by atoms with van der Waals surface area (Å²) < 4.78 is 39.4. The number of aldehydes is 1. The summed E-state index contributed by atoms with van der Waals surface area (Å²) in [5.74, 6) is -6.41. The Balaban J connectivity index is 3.27. The second kappa shape index (κ2) is 4.78. The lowest BCUT2D eigenvalue weighted by molar-refractivity contribution is -0.107. The van der Waals surface area contributed by atoms with Crippen LogP contribution in [0.5, 0.6) is 0 Å². The lowest BCUT2D eigenvalue weighted by Crippen LogP contribution is -2.09. The van der Waals surface area contributed by atoms with Crippen molar-refractivity contribution in [1.29, 1.82) is 0 Å². The molecule has 1 aromatic rings. The first kappa shape index (κ1) is 12.2. The zero-order valence-electron chi connectivity index (χ0n) is 7.97. The molecule has 86 valence electrons. The van der Waals surface area contributed by atoms with Gasteiger partial charge in [0.15, 0.2) is 11.6 Å². The number of rotatable bonds is 4. The number of hydrogen-bond acceptors (Lipinski definition) is 2. The summed E-state index contributed by atoms with van der Waals surface area (Å²) in [5, 5.41) is 8.44. The molecule has 0 heterocycles.